The first-order valence-corrected chi connectivity index (χ1v) is 8.87. The fourth-order valence-electron chi connectivity index (χ4n) is 2.38. The first-order valence-electron chi connectivity index (χ1n) is 8.87. The molecule has 5 nitrogen and oxygen atoms in total. The van der Waals surface area contributed by atoms with Crippen LogP contribution >= 0.6 is 0 Å². The van der Waals surface area contributed by atoms with Gasteiger partial charge in [0.1, 0.15) is 0 Å². The van der Waals surface area contributed by atoms with Gasteiger partial charge in [-0.05, 0) is 30.2 Å². The van der Waals surface area contributed by atoms with Crippen molar-refractivity contribution in [2.75, 3.05) is 13.1 Å². The number of guanidine groups is 1. The van der Waals surface area contributed by atoms with Crippen molar-refractivity contribution in [3.05, 3.63) is 71.3 Å². The van der Waals surface area contributed by atoms with Crippen LogP contribution in [0.15, 0.2) is 59.6 Å². The highest BCUT2D eigenvalue weighted by molar-refractivity contribution is 5.86. The maximum absolute atomic E-state index is 12.8. The molecule has 0 aliphatic rings. The Bertz CT molecular complexity index is 792. The van der Waals surface area contributed by atoms with Crippen molar-refractivity contribution >= 4 is 11.9 Å². The maximum Gasteiger partial charge on any atom is 0.416 e. The minimum Gasteiger partial charge on any atom is -0.357 e. The largest absolute Gasteiger partial charge is 0.416 e. The number of benzene rings is 2. The van der Waals surface area contributed by atoms with Crippen molar-refractivity contribution in [1.82, 2.24) is 16.0 Å². The fraction of sp³-hybridized carbons (Fsp3) is 0.300. The Labute approximate surface area is 162 Å². The summed E-state index contributed by atoms with van der Waals surface area (Å²) in [6, 6.07) is 14.5. The van der Waals surface area contributed by atoms with E-state index in [1.165, 1.54) is 6.07 Å². The lowest BCUT2D eigenvalue weighted by atomic mass is 10.1. The third-order valence-corrected chi connectivity index (χ3v) is 3.77. The van der Waals surface area contributed by atoms with Crippen molar-refractivity contribution in [1.29, 1.82) is 0 Å². The lowest BCUT2D eigenvalue weighted by Gasteiger charge is -2.12. The molecular formula is C20H23F3N4O. The Morgan fingerprint density at radius 1 is 0.964 bits per heavy atom. The lowest BCUT2D eigenvalue weighted by molar-refractivity contribution is -0.137. The standard InChI is InChI=1S/C20H23F3N4O/c1-2-24-19(26-13-16-9-6-10-17(11-16)20(21,22)23)27-14-18(28)25-12-15-7-4-3-5-8-15/h3-11H,2,12-14H2,1H3,(H,25,28)(H2,24,26,27). The van der Waals surface area contributed by atoms with Crippen LogP contribution in [-0.4, -0.2) is 25.0 Å². The summed E-state index contributed by atoms with van der Waals surface area (Å²) in [5.74, 6) is 0.142. The van der Waals surface area contributed by atoms with Gasteiger partial charge in [-0.1, -0.05) is 42.5 Å². The molecule has 0 unspecified atom stereocenters. The Balaban J connectivity index is 1.89. The number of aliphatic imine (C=N–C) groups is 1. The molecule has 2 aromatic carbocycles. The summed E-state index contributed by atoms with van der Waals surface area (Å²) in [6.07, 6.45) is -4.39. The first-order chi connectivity index (χ1) is 13.4. The SMILES string of the molecule is CCNC(=NCc1cccc(C(F)(F)F)c1)NCC(=O)NCc1ccccc1. The molecule has 2 aromatic rings. The van der Waals surface area contributed by atoms with Crippen LogP contribution < -0.4 is 16.0 Å². The van der Waals surface area contributed by atoms with Crippen molar-refractivity contribution in [2.45, 2.75) is 26.2 Å². The Hall–Kier alpha value is -3.03. The monoisotopic (exact) mass is 392 g/mol. The topological polar surface area (TPSA) is 65.5 Å². The molecule has 28 heavy (non-hydrogen) atoms. The Morgan fingerprint density at radius 3 is 2.36 bits per heavy atom. The fourth-order valence-corrected chi connectivity index (χ4v) is 2.38. The number of nitrogens with one attached hydrogen (secondary N) is 3. The lowest BCUT2D eigenvalue weighted by Crippen LogP contribution is -2.43. The smallest absolute Gasteiger partial charge is 0.357 e. The molecule has 8 heteroatoms. The number of carbonyl (C=O) groups excluding carboxylic acids is 1. The zero-order chi connectivity index (χ0) is 20.4. The van der Waals surface area contributed by atoms with E-state index in [-0.39, 0.29) is 19.0 Å². The highest BCUT2D eigenvalue weighted by Crippen LogP contribution is 2.29. The second kappa shape index (κ2) is 10.3. The summed E-state index contributed by atoms with van der Waals surface area (Å²) >= 11 is 0. The Kier molecular flexibility index (Phi) is 7.86. The number of alkyl halides is 3. The first kappa shape index (κ1) is 21.3. The average Bonchev–Trinajstić information content (AvgIpc) is 2.69. The van der Waals surface area contributed by atoms with Gasteiger partial charge in [0.05, 0.1) is 18.7 Å². The van der Waals surface area contributed by atoms with E-state index in [4.69, 9.17) is 0 Å². The predicted octanol–water partition coefficient (Wildman–Crippen LogP) is 3.08. The maximum atomic E-state index is 12.8. The molecule has 1 amide bonds. The van der Waals surface area contributed by atoms with Crippen LogP contribution in [0.3, 0.4) is 0 Å². The summed E-state index contributed by atoms with van der Waals surface area (Å²) in [4.78, 5) is 16.2. The molecule has 0 bridgehead atoms. The molecule has 3 N–H and O–H groups in total. The molecule has 0 saturated heterocycles. The Morgan fingerprint density at radius 2 is 1.68 bits per heavy atom. The van der Waals surface area contributed by atoms with Gasteiger partial charge < -0.3 is 16.0 Å². The molecule has 0 aliphatic carbocycles. The van der Waals surface area contributed by atoms with Crippen molar-refractivity contribution < 1.29 is 18.0 Å². The molecule has 0 atom stereocenters. The third-order valence-electron chi connectivity index (χ3n) is 3.77. The summed E-state index contributed by atoms with van der Waals surface area (Å²) < 4.78 is 38.4. The number of hydrogen-bond acceptors (Lipinski definition) is 2. The number of carbonyl (C=O) groups is 1. The number of rotatable bonds is 7. The van der Waals surface area contributed by atoms with Crippen molar-refractivity contribution in [3.63, 3.8) is 0 Å². The molecule has 0 aliphatic heterocycles. The summed E-state index contributed by atoms with van der Waals surface area (Å²) in [5.41, 5.74) is 0.708. The summed E-state index contributed by atoms with van der Waals surface area (Å²) in [7, 11) is 0. The van der Waals surface area contributed by atoms with Gasteiger partial charge in [0.25, 0.3) is 0 Å². The van der Waals surface area contributed by atoms with E-state index in [1.54, 1.807) is 6.07 Å². The van der Waals surface area contributed by atoms with Crippen molar-refractivity contribution in [3.8, 4) is 0 Å². The van der Waals surface area contributed by atoms with E-state index in [1.807, 2.05) is 37.3 Å². The zero-order valence-corrected chi connectivity index (χ0v) is 15.5. The van der Waals surface area contributed by atoms with Gasteiger partial charge in [-0.3, -0.25) is 4.79 Å². The molecular weight excluding hydrogens is 369 g/mol. The molecule has 0 spiro atoms. The molecule has 0 saturated carbocycles. The molecule has 0 radical (unpaired) electrons. The highest BCUT2D eigenvalue weighted by Gasteiger charge is 2.30. The van der Waals surface area contributed by atoms with E-state index in [0.717, 1.165) is 17.7 Å². The molecule has 0 fully saturated rings. The predicted molar refractivity (Wildman–Crippen MR) is 103 cm³/mol. The molecule has 2 rings (SSSR count). The average molecular weight is 392 g/mol. The van der Waals surface area contributed by atoms with Crippen molar-refractivity contribution in [2.24, 2.45) is 4.99 Å². The van der Waals surface area contributed by atoms with E-state index in [0.29, 0.717) is 24.6 Å². The van der Waals surface area contributed by atoms with Gasteiger partial charge >= 0.3 is 6.18 Å². The van der Waals surface area contributed by atoms with Gasteiger partial charge in [-0.2, -0.15) is 13.2 Å². The van der Waals surface area contributed by atoms with Crippen LogP contribution in [0, 0.1) is 0 Å². The number of amides is 1. The van der Waals surface area contributed by atoms with E-state index < -0.39 is 11.7 Å². The van der Waals surface area contributed by atoms with E-state index in [9.17, 15) is 18.0 Å². The van der Waals surface area contributed by atoms with E-state index in [2.05, 4.69) is 20.9 Å². The third kappa shape index (κ3) is 7.30. The quantitative estimate of drug-likeness (QED) is 0.501. The van der Waals surface area contributed by atoms with Crippen LogP contribution in [0.2, 0.25) is 0 Å². The zero-order valence-electron chi connectivity index (χ0n) is 15.5. The van der Waals surface area contributed by atoms with Crippen LogP contribution in [0.25, 0.3) is 0 Å². The summed E-state index contributed by atoms with van der Waals surface area (Å²) in [6.45, 7) is 2.89. The van der Waals surface area contributed by atoms with Gasteiger partial charge in [-0.25, -0.2) is 4.99 Å². The number of halogens is 3. The van der Waals surface area contributed by atoms with E-state index >= 15 is 0 Å². The van der Waals surface area contributed by atoms with Crippen LogP contribution in [0.5, 0.6) is 0 Å². The number of hydrogen-bond donors (Lipinski definition) is 3. The van der Waals surface area contributed by atoms with Crippen LogP contribution in [0.4, 0.5) is 13.2 Å². The minimum absolute atomic E-state index is 0.00125. The van der Waals surface area contributed by atoms with Gasteiger partial charge in [0, 0.05) is 13.1 Å². The van der Waals surface area contributed by atoms with Crippen LogP contribution in [-0.2, 0) is 24.1 Å². The molecule has 0 heterocycles. The number of nitrogens with zero attached hydrogens (tertiary/aromatic N) is 1. The van der Waals surface area contributed by atoms with Gasteiger partial charge in [0.15, 0.2) is 5.96 Å². The normalized spacial score (nSPS) is 11.8. The highest BCUT2D eigenvalue weighted by atomic mass is 19.4. The second-order valence-corrected chi connectivity index (χ2v) is 6.01. The van der Waals surface area contributed by atoms with Crippen LogP contribution in [0.1, 0.15) is 23.6 Å². The molecule has 0 aromatic heterocycles. The van der Waals surface area contributed by atoms with Gasteiger partial charge in [0.2, 0.25) is 5.91 Å². The van der Waals surface area contributed by atoms with Gasteiger partial charge in [-0.15, -0.1) is 0 Å². The summed E-state index contributed by atoms with van der Waals surface area (Å²) in [5, 5.41) is 8.63. The minimum atomic E-state index is -4.39. The second-order valence-electron chi connectivity index (χ2n) is 6.01. The molecule has 150 valence electrons.